The van der Waals surface area contributed by atoms with Crippen LogP contribution in [0, 0.1) is 6.92 Å². The van der Waals surface area contributed by atoms with Crippen LogP contribution in [-0.4, -0.2) is 73.8 Å². The second kappa shape index (κ2) is 16.2. The molecule has 0 radical (unpaired) electrons. The monoisotopic (exact) mass is 726 g/mol. The van der Waals surface area contributed by atoms with Gasteiger partial charge in [-0.05, 0) is 55.2 Å². The maximum Gasteiger partial charge on any atom is 0.320 e. The Hall–Kier alpha value is -5.52. The summed E-state index contributed by atoms with van der Waals surface area (Å²) in [6.07, 6.45) is 11.9. The van der Waals surface area contributed by atoms with Crippen molar-refractivity contribution in [3.05, 3.63) is 126 Å². The summed E-state index contributed by atoms with van der Waals surface area (Å²) in [5.74, 6) is 2.08. The van der Waals surface area contributed by atoms with Gasteiger partial charge in [-0.2, -0.15) is 5.10 Å². The molecule has 1 aliphatic carbocycles. The number of pyridine rings is 1. The standard InChI is InChI=1S/C43H50N8O3/c1-30-11-17-34(18-12-30)51-40(27-38(48-51)43(3,4)5)45-42(52)44-37-21-19-35(10-8-6-7-9-31(37)2)54-36-20-22-39-46-47-41(50(39)29-36)33-15-13-32(14-16-33)28-49-23-25-53-26-24-49/h6-9,11-18,20,22,27,29,35,37H,2,10,19,21,23-26,28H2,1,3-5H3,(H2,44,45,52)/b8-6-,9-7-/t35-,37-/m0/s1. The van der Waals surface area contributed by atoms with Crippen LogP contribution < -0.4 is 15.4 Å². The Morgan fingerprint density at radius 2 is 1.76 bits per heavy atom. The second-order valence-electron chi connectivity index (χ2n) is 15.2. The number of nitrogens with zero attached hydrogens (tertiary/aromatic N) is 6. The van der Waals surface area contributed by atoms with E-state index in [0.717, 1.165) is 78.2 Å². The van der Waals surface area contributed by atoms with Gasteiger partial charge in [-0.25, -0.2) is 9.48 Å². The third-order valence-corrected chi connectivity index (χ3v) is 9.88. The Kier molecular flexibility index (Phi) is 11.1. The van der Waals surface area contributed by atoms with Gasteiger partial charge in [0.15, 0.2) is 11.5 Å². The number of rotatable bonds is 8. The second-order valence-corrected chi connectivity index (χ2v) is 15.2. The lowest BCUT2D eigenvalue weighted by Crippen LogP contribution is -2.40. The minimum absolute atomic E-state index is 0.137. The average Bonchev–Trinajstić information content (AvgIpc) is 3.78. The van der Waals surface area contributed by atoms with Gasteiger partial charge in [0.25, 0.3) is 0 Å². The first-order valence-corrected chi connectivity index (χ1v) is 18.8. The first-order chi connectivity index (χ1) is 26.1. The summed E-state index contributed by atoms with van der Waals surface area (Å²) in [6, 6.07) is 21.8. The van der Waals surface area contributed by atoms with E-state index >= 15 is 0 Å². The van der Waals surface area contributed by atoms with Gasteiger partial charge in [-0.1, -0.05) is 93.6 Å². The van der Waals surface area contributed by atoms with Crippen molar-refractivity contribution in [3.8, 4) is 22.8 Å². The molecular formula is C43H50N8O3. The molecule has 11 heteroatoms. The minimum Gasteiger partial charge on any atom is -0.489 e. The van der Waals surface area contributed by atoms with E-state index in [0.29, 0.717) is 25.1 Å². The molecule has 7 rings (SSSR count). The highest BCUT2D eigenvalue weighted by atomic mass is 16.5. The predicted molar refractivity (Wildman–Crippen MR) is 213 cm³/mol. The van der Waals surface area contributed by atoms with Crippen LogP contribution in [0.15, 0.2) is 109 Å². The van der Waals surface area contributed by atoms with Crippen molar-refractivity contribution in [2.45, 2.75) is 71.1 Å². The number of fused-ring (bicyclic) bond motifs is 1. The largest absolute Gasteiger partial charge is 0.489 e. The van der Waals surface area contributed by atoms with Crippen LogP contribution in [-0.2, 0) is 16.7 Å². The highest BCUT2D eigenvalue weighted by Crippen LogP contribution is 2.28. The summed E-state index contributed by atoms with van der Waals surface area (Å²) in [6.45, 7) is 17.1. The molecule has 4 heterocycles. The highest BCUT2D eigenvalue weighted by Gasteiger charge is 2.24. The van der Waals surface area contributed by atoms with Gasteiger partial charge in [0.05, 0.1) is 36.8 Å². The van der Waals surface area contributed by atoms with Crippen LogP contribution >= 0.6 is 0 Å². The lowest BCUT2D eigenvalue weighted by Gasteiger charge is -2.26. The number of urea groups is 1. The number of carbonyl (C=O) groups excluding carboxylic acids is 1. The van der Waals surface area contributed by atoms with Crippen LogP contribution in [0.1, 0.15) is 56.9 Å². The SMILES string of the molecule is C=C1/C=C\C=C/C[C@H](Oc2ccc3nnc(-c4ccc(CN5CCOCC5)cc4)n3c2)CC[C@@H]1NC(=O)Nc1cc(C(C)(C)C)nn1-c1ccc(C)cc1. The van der Waals surface area contributed by atoms with E-state index in [4.69, 9.17) is 14.6 Å². The summed E-state index contributed by atoms with van der Waals surface area (Å²) < 4.78 is 15.9. The van der Waals surface area contributed by atoms with Crippen LogP contribution in [0.4, 0.5) is 10.6 Å². The molecule has 0 saturated carbocycles. The number of hydrogen-bond donors (Lipinski definition) is 2. The van der Waals surface area contributed by atoms with Gasteiger partial charge in [-0.15, -0.1) is 10.2 Å². The molecule has 0 spiro atoms. The van der Waals surface area contributed by atoms with Crippen molar-refractivity contribution in [1.29, 1.82) is 0 Å². The molecule has 2 aliphatic rings. The van der Waals surface area contributed by atoms with E-state index in [-0.39, 0.29) is 23.6 Å². The summed E-state index contributed by atoms with van der Waals surface area (Å²) in [7, 11) is 0. The highest BCUT2D eigenvalue weighted by molar-refractivity contribution is 5.89. The van der Waals surface area contributed by atoms with Gasteiger partial charge < -0.3 is 14.8 Å². The number of amides is 2. The van der Waals surface area contributed by atoms with Gasteiger partial charge >= 0.3 is 6.03 Å². The van der Waals surface area contributed by atoms with Crippen molar-refractivity contribution in [2.24, 2.45) is 0 Å². The van der Waals surface area contributed by atoms with Crippen molar-refractivity contribution >= 4 is 17.5 Å². The maximum absolute atomic E-state index is 13.6. The van der Waals surface area contributed by atoms with E-state index in [9.17, 15) is 4.79 Å². The molecule has 280 valence electrons. The summed E-state index contributed by atoms with van der Waals surface area (Å²) >= 11 is 0. The molecule has 0 unspecified atom stereocenters. The van der Waals surface area contributed by atoms with Gasteiger partial charge in [0.2, 0.25) is 0 Å². The summed E-state index contributed by atoms with van der Waals surface area (Å²) in [5.41, 5.74) is 6.51. The molecule has 0 bridgehead atoms. The van der Waals surface area contributed by atoms with Gasteiger partial charge in [0.1, 0.15) is 17.7 Å². The van der Waals surface area contributed by atoms with E-state index in [1.165, 1.54) is 5.56 Å². The fourth-order valence-corrected chi connectivity index (χ4v) is 6.67. The normalized spacial score (nSPS) is 19.7. The third kappa shape index (κ3) is 8.98. The molecule has 1 aliphatic heterocycles. The van der Waals surface area contributed by atoms with Crippen molar-refractivity contribution in [1.82, 2.24) is 34.6 Å². The Bertz CT molecular complexity index is 2130. The Balaban J connectivity index is 1.03. The number of aromatic nitrogens is 5. The number of allylic oxidation sites excluding steroid dienone is 2. The molecule has 1 fully saturated rings. The van der Waals surface area contributed by atoms with E-state index < -0.39 is 0 Å². The molecule has 2 aromatic carbocycles. The van der Waals surface area contributed by atoms with Crippen molar-refractivity contribution in [2.75, 3.05) is 31.6 Å². The fourth-order valence-electron chi connectivity index (χ4n) is 6.67. The number of aryl methyl sites for hydroxylation is 1. The number of nitrogens with one attached hydrogen (secondary N) is 2. The van der Waals surface area contributed by atoms with Gasteiger partial charge in [-0.3, -0.25) is 14.6 Å². The quantitative estimate of drug-likeness (QED) is 0.168. The lowest BCUT2D eigenvalue weighted by atomic mass is 9.92. The molecule has 2 N–H and O–H groups in total. The maximum atomic E-state index is 13.6. The molecular weight excluding hydrogens is 677 g/mol. The molecule has 2 amide bonds. The molecule has 11 nitrogen and oxygen atoms in total. The third-order valence-electron chi connectivity index (χ3n) is 9.88. The van der Waals surface area contributed by atoms with Crippen LogP contribution in [0.25, 0.3) is 22.7 Å². The number of carbonyl (C=O) groups is 1. The zero-order valence-electron chi connectivity index (χ0n) is 31.7. The van der Waals surface area contributed by atoms with E-state index in [1.807, 2.05) is 78.2 Å². The topological polar surface area (TPSA) is 111 Å². The minimum atomic E-state index is -0.326. The number of morpholine rings is 1. The van der Waals surface area contributed by atoms with Crippen molar-refractivity contribution in [3.63, 3.8) is 0 Å². The predicted octanol–water partition coefficient (Wildman–Crippen LogP) is 7.81. The number of hydrogen-bond acceptors (Lipinski definition) is 7. The molecule has 54 heavy (non-hydrogen) atoms. The fraction of sp³-hybridized carbons (Fsp3) is 0.349. The lowest BCUT2D eigenvalue weighted by molar-refractivity contribution is 0.0342. The smallest absolute Gasteiger partial charge is 0.320 e. The van der Waals surface area contributed by atoms with Crippen LogP contribution in [0.2, 0.25) is 0 Å². The Morgan fingerprint density at radius 3 is 2.52 bits per heavy atom. The molecule has 1 saturated heterocycles. The first-order valence-electron chi connectivity index (χ1n) is 18.8. The summed E-state index contributed by atoms with van der Waals surface area (Å²) in [5, 5.41) is 20.0. The Morgan fingerprint density at radius 1 is 0.981 bits per heavy atom. The van der Waals surface area contributed by atoms with Crippen LogP contribution in [0.3, 0.4) is 0 Å². The molecule has 3 aromatic heterocycles. The molecule has 2 atom stereocenters. The van der Waals surface area contributed by atoms with Crippen molar-refractivity contribution < 1.29 is 14.3 Å². The number of anilines is 1. The van der Waals surface area contributed by atoms with E-state index in [1.54, 1.807) is 4.68 Å². The zero-order valence-corrected chi connectivity index (χ0v) is 31.7. The number of ether oxygens (including phenoxy) is 2. The molecule has 5 aromatic rings. The van der Waals surface area contributed by atoms with Gasteiger partial charge in [0, 0.05) is 43.1 Å². The number of benzene rings is 2. The summed E-state index contributed by atoms with van der Waals surface area (Å²) in [4.78, 5) is 16.0. The average molecular weight is 727 g/mol. The Labute approximate surface area is 317 Å². The first kappa shape index (κ1) is 36.8. The van der Waals surface area contributed by atoms with Crippen LogP contribution in [0.5, 0.6) is 5.75 Å². The zero-order chi connectivity index (χ0) is 37.7. The van der Waals surface area contributed by atoms with E-state index in [2.05, 4.69) is 83.4 Å².